The van der Waals surface area contributed by atoms with Crippen molar-refractivity contribution < 1.29 is 9.59 Å². The Morgan fingerprint density at radius 2 is 1.97 bits per heavy atom. The van der Waals surface area contributed by atoms with Crippen molar-refractivity contribution in [3.8, 4) is 11.3 Å². The van der Waals surface area contributed by atoms with Crippen LogP contribution in [-0.4, -0.2) is 34.8 Å². The number of nitrogens with zero attached hydrogens (tertiary/aromatic N) is 3. The molecular formula is C24H21Cl2N3O2S. The first-order valence-corrected chi connectivity index (χ1v) is 11.8. The smallest absolute Gasteiger partial charge is 0.260 e. The number of halogens is 2. The van der Waals surface area contributed by atoms with E-state index in [9.17, 15) is 9.59 Å². The highest BCUT2D eigenvalue weighted by atomic mass is 35.5. The minimum Gasteiger partial charge on any atom is -0.338 e. The third-order valence-electron chi connectivity index (χ3n) is 5.24. The Hall–Kier alpha value is -2.67. The summed E-state index contributed by atoms with van der Waals surface area (Å²) in [4.78, 5) is 33.2. The second-order valence-electron chi connectivity index (χ2n) is 7.46. The third kappa shape index (κ3) is 4.88. The van der Waals surface area contributed by atoms with Gasteiger partial charge in [-0.2, -0.15) is 0 Å². The molecule has 0 spiro atoms. The number of rotatable bonds is 7. The summed E-state index contributed by atoms with van der Waals surface area (Å²) in [6.07, 6.45) is 3.19. The van der Waals surface area contributed by atoms with Crippen molar-refractivity contribution >= 4 is 51.5 Å². The molecule has 164 valence electrons. The van der Waals surface area contributed by atoms with Crippen LogP contribution in [0.3, 0.4) is 0 Å². The monoisotopic (exact) mass is 485 g/mol. The third-order valence-corrected chi connectivity index (χ3v) is 6.84. The highest BCUT2D eigenvalue weighted by Crippen LogP contribution is 2.32. The molecule has 0 atom stereocenters. The van der Waals surface area contributed by atoms with Crippen LogP contribution in [-0.2, 0) is 11.3 Å². The van der Waals surface area contributed by atoms with Crippen LogP contribution in [0.1, 0.15) is 28.8 Å². The summed E-state index contributed by atoms with van der Waals surface area (Å²) in [5.41, 5.74) is 3.10. The highest BCUT2D eigenvalue weighted by molar-refractivity contribution is 7.14. The summed E-state index contributed by atoms with van der Waals surface area (Å²) in [6, 6.07) is 12.7. The topological polar surface area (TPSA) is 53.5 Å². The molecule has 0 N–H and O–H groups in total. The number of hydrogen-bond donors (Lipinski definition) is 0. The molecule has 0 bridgehead atoms. The van der Waals surface area contributed by atoms with Gasteiger partial charge in [-0.05, 0) is 36.2 Å². The number of anilines is 1. The van der Waals surface area contributed by atoms with Gasteiger partial charge in [0.2, 0.25) is 5.91 Å². The molecule has 8 heteroatoms. The number of hydrogen-bond acceptors (Lipinski definition) is 4. The molecule has 0 aliphatic carbocycles. The normalized spacial score (nSPS) is 13.4. The van der Waals surface area contributed by atoms with Crippen LogP contribution >= 0.6 is 34.5 Å². The van der Waals surface area contributed by atoms with E-state index in [0.29, 0.717) is 40.3 Å². The molecule has 1 aromatic heterocycles. The van der Waals surface area contributed by atoms with E-state index in [-0.39, 0.29) is 11.8 Å². The molecule has 1 saturated heterocycles. The van der Waals surface area contributed by atoms with Crippen molar-refractivity contribution in [2.75, 3.05) is 18.0 Å². The first-order chi connectivity index (χ1) is 15.5. The fourth-order valence-corrected chi connectivity index (χ4v) is 4.69. The van der Waals surface area contributed by atoms with Crippen molar-refractivity contribution in [1.82, 2.24) is 9.88 Å². The lowest BCUT2D eigenvalue weighted by molar-refractivity contribution is -0.128. The number of benzene rings is 2. The van der Waals surface area contributed by atoms with Crippen molar-refractivity contribution in [3.63, 3.8) is 0 Å². The predicted molar refractivity (Wildman–Crippen MR) is 131 cm³/mol. The van der Waals surface area contributed by atoms with E-state index in [1.165, 1.54) is 11.3 Å². The maximum atomic E-state index is 13.2. The van der Waals surface area contributed by atoms with Crippen LogP contribution in [0.5, 0.6) is 0 Å². The van der Waals surface area contributed by atoms with Gasteiger partial charge in [0.15, 0.2) is 5.13 Å². The lowest BCUT2D eigenvalue weighted by Gasteiger charge is -2.19. The SMILES string of the molecule is C=CCN(C(=O)c1ccc(CN2CCCC2=O)cc1)c1nc(-c2ccc(Cl)c(Cl)c2)cs1. The zero-order valence-electron chi connectivity index (χ0n) is 17.3. The Morgan fingerprint density at radius 1 is 1.19 bits per heavy atom. The molecule has 1 fully saturated rings. The second-order valence-corrected chi connectivity index (χ2v) is 9.12. The van der Waals surface area contributed by atoms with Gasteiger partial charge in [0.05, 0.1) is 15.7 Å². The molecule has 0 radical (unpaired) electrons. The van der Waals surface area contributed by atoms with Crippen LogP contribution in [0.4, 0.5) is 5.13 Å². The van der Waals surface area contributed by atoms with E-state index in [0.717, 1.165) is 29.8 Å². The summed E-state index contributed by atoms with van der Waals surface area (Å²) in [7, 11) is 0. The van der Waals surface area contributed by atoms with E-state index in [1.807, 2.05) is 28.5 Å². The Labute approximate surface area is 200 Å². The van der Waals surface area contributed by atoms with Gasteiger partial charge < -0.3 is 4.90 Å². The van der Waals surface area contributed by atoms with Crippen LogP contribution < -0.4 is 4.90 Å². The van der Waals surface area contributed by atoms with Crippen LogP contribution in [0.25, 0.3) is 11.3 Å². The molecule has 1 aliphatic heterocycles. The molecule has 0 unspecified atom stereocenters. The zero-order chi connectivity index (χ0) is 22.7. The molecule has 4 rings (SSSR count). The predicted octanol–water partition coefficient (Wildman–Crippen LogP) is 6.07. The largest absolute Gasteiger partial charge is 0.338 e. The van der Waals surface area contributed by atoms with Gasteiger partial charge in [0.25, 0.3) is 5.91 Å². The number of amides is 2. The van der Waals surface area contributed by atoms with Gasteiger partial charge in [-0.1, -0.05) is 47.5 Å². The Balaban J connectivity index is 1.53. The van der Waals surface area contributed by atoms with Crippen molar-refractivity contribution in [3.05, 3.63) is 81.7 Å². The summed E-state index contributed by atoms with van der Waals surface area (Å²) in [6.45, 7) is 5.47. The van der Waals surface area contributed by atoms with Gasteiger partial charge >= 0.3 is 0 Å². The number of carbonyl (C=O) groups is 2. The molecular weight excluding hydrogens is 465 g/mol. The van der Waals surface area contributed by atoms with Crippen molar-refractivity contribution in [2.45, 2.75) is 19.4 Å². The molecule has 0 saturated carbocycles. The molecule has 2 aromatic carbocycles. The summed E-state index contributed by atoms with van der Waals surface area (Å²) >= 11 is 13.5. The van der Waals surface area contributed by atoms with Crippen LogP contribution in [0.15, 0.2) is 60.5 Å². The average molecular weight is 486 g/mol. The molecule has 32 heavy (non-hydrogen) atoms. The van der Waals surface area contributed by atoms with Crippen molar-refractivity contribution in [1.29, 1.82) is 0 Å². The fourth-order valence-electron chi connectivity index (χ4n) is 3.55. The maximum absolute atomic E-state index is 13.2. The number of thiazole rings is 1. The van der Waals surface area contributed by atoms with Crippen LogP contribution in [0.2, 0.25) is 10.0 Å². The molecule has 2 heterocycles. The Bertz CT molecular complexity index is 1160. The Morgan fingerprint density at radius 3 is 2.62 bits per heavy atom. The van der Waals surface area contributed by atoms with Crippen LogP contribution in [0, 0.1) is 0 Å². The van der Waals surface area contributed by atoms with E-state index in [2.05, 4.69) is 11.6 Å². The summed E-state index contributed by atoms with van der Waals surface area (Å²) < 4.78 is 0. The van der Waals surface area contributed by atoms with Gasteiger partial charge in [-0.3, -0.25) is 14.5 Å². The average Bonchev–Trinajstić information content (AvgIpc) is 3.44. The zero-order valence-corrected chi connectivity index (χ0v) is 19.6. The fraction of sp³-hybridized carbons (Fsp3) is 0.208. The van der Waals surface area contributed by atoms with Gasteiger partial charge in [0.1, 0.15) is 0 Å². The van der Waals surface area contributed by atoms with E-state index < -0.39 is 0 Å². The summed E-state index contributed by atoms with van der Waals surface area (Å²) in [5.74, 6) is 0.0209. The standard InChI is InChI=1S/C24H21Cl2N3O2S/c1-2-11-29(24-27-21(15-32-24)18-9-10-19(25)20(26)13-18)23(31)17-7-5-16(6-8-17)14-28-12-3-4-22(28)30/h2,5-10,13,15H,1,3-4,11-12,14H2. The lowest BCUT2D eigenvalue weighted by atomic mass is 10.1. The number of likely N-dealkylation sites (tertiary alicyclic amines) is 1. The van der Waals surface area contributed by atoms with Gasteiger partial charge in [0, 0.05) is 42.6 Å². The van der Waals surface area contributed by atoms with Crippen molar-refractivity contribution in [2.24, 2.45) is 0 Å². The second kappa shape index (κ2) is 9.86. The minimum atomic E-state index is -0.163. The summed E-state index contributed by atoms with van der Waals surface area (Å²) in [5, 5.41) is 3.39. The molecule has 1 aliphatic rings. The first-order valence-electron chi connectivity index (χ1n) is 10.2. The Kier molecular flexibility index (Phi) is 6.94. The molecule has 3 aromatic rings. The molecule has 5 nitrogen and oxygen atoms in total. The van der Waals surface area contributed by atoms with Gasteiger partial charge in [-0.25, -0.2) is 4.98 Å². The molecule has 2 amide bonds. The lowest BCUT2D eigenvalue weighted by Crippen LogP contribution is -2.31. The van der Waals surface area contributed by atoms with E-state index >= 15 is 0 Å². The number of carbonyl (C=O) groups excluding carboxylic acids is 2. The first kappa shape index (κ1) is 22.5. The quantitative estimate of drug-likeness (QED) is 0.381. The van der Waals surface area contributed by atoms with E-state index in [4.69, 9.17) is 23.2 Å². The minimum absolute atomic E-state index is 0.163. The van der Waals surface area contributed by atoms with E-state index in [1.54, 1.807) is 35.2 Å². The van der Waals surface area contributed by atoms with Gasteiger partial charge in [-0.15, -0.1) is 17.9 Å². The maximum Gasteiger partial charge on any atom is 0.260 e. The highest BCUT2D eigenvalue weighted by Gasteiger charge is 2.22. The number of aromatic nitrogens is 1.